The molecule has 0 saturated carbocycles. The lowest BCUT2D eigenvalue weighted by Crippen LogP contribution is -2.37. The lowest BCUT2D eigenvalue weighted by Gasteiger charge is -2.22. The molecule has 0 aliphatic carbocycles. The third kappa shape index (κ3) is 5.56. The van der Waals surface area contributed by atoms with Crippen LogP contribution < -0.4 is 4.74 Å². The van der Waals surface area contributed by atoms with Gasteiger partial charge in [-0.05, 0) is 49.9 Å². The standard InChI is InChI=1S/C23H29N3O3/c1-18-7-3-8-19(2)22(18)29-16-5-10-21(27)25-12-6-13-26(15-14-25)23(28)20-9-4-11-24-17-20/h3-4,7-9,11,17H,5-6,10,12-16H2,1-2H3. The molecule has 6 nitrogen and oxygen atoms in total. The first-order chi connectivity index (χ1) is 14.1. The van der Waals surface area contributed by atoms with Gasteiger partial charge in [-0.15, -0.1) is 0 Å². The molecule has 29 heavy (non-hydrogen) atoms. The second-order valence-corrected chi connectivity index (χ2v) is 7.44. The summed E-state index contributed by atoms with van der Waals surface area (Å²) in [5.74, 6) is 1.03. The van der Waals surface area contributed by atoms with Gasteiger partial charge in [-0.25, -0.2) is 0 Å². The molecule has 0 radical (unpaired) electrons. The molecule has 1 aliphatic rings. The first-order valence-corrected chi connectivity index (χ1v) is 10.2. The number of para-hydroxylation sites is 1. The Morgan fingerprint density at radius 1 is 1.00 bits per heavy atom. The zero-order valence-electron chi connectivity index (χ0n) is 17.3. The van der Waals surface area contributed by atoms with E-state index in [9.17, 15) is 9.59 Å². The number of aryl methyl sites for hydroxylation is 2. The predicted octanol–water partition coefficient (Wildman–Crippen LogP) is 3.23. The molecular formula is C23H29N3O3. The number of carbonyl (C=O) groups is 2. The van der Waals surface area contributed by atoms with Crippen LogP contribution >= 0.6 is 0 Å². The van der Waals surface area contributed by atoms with Crippen molar-refractivity contribution in [1.29, 1.82) is 0 Å². The normalized spacial score (nSPS) is 14.4. The van der Waals surface area contributed by atoms with E-state index in [-0.39, 0.29) is 11.8 Å². The minimum absolute atomic E-state index is 0.0191. The van der Waals surface area contributed by atoms with E-state index < -0.39 is 0 Å². The van der Waals surface area contributed by atoms with Gasteiger partial charge in [0.25, 0.3) is 5.91 Å². The van der Waals surface area contributed by atoms with Crippen molar-refractivity contribution in [3.05, 3.63) is 59.4 Å². The fraction of sp³-hybridized carbons (Fsp3) is 0.435. The summed E-state index contributed by atoms with van der Waals surface area (Å²) in [6.07, 6.45) is 5.18. The highest BCUT2D eigenvalue weighted by Gasteiger charge is 2.22. The fourth-order valence-electron chi connectivity index (χ4n) is 3.62. The van der Waals surface area contributed by atoms with Crippen LogP contribution in [-0.4, -0.2) is 59.4 Å². The summed E-state index contributed by atoms with van der Waals surface area (Å²) >= 11 is 0. The van der Waals surface area contributed by atoms with Crippen LogP contribution in [0.25, 0.3) is 0 Å². The third-order valence-electron chi connectivity index (χ3n) is 5.23. The van der Waals surface area contributed by atoms with Gasteiger partial charge in [0.05, 0.1) is 12.2 Å². The fourth-order valence-corrected chi connectivity index (χ4v) is 3.62. The number of nitrogens with zero attached hydrogens (tertiary/aromatic N) is 3. The Bertz CT molecular complexity index is 818. The second kappa shape index (κ2) is 10.0. The average Bonchev–Trinajstić information content (AvgIpc) is 2.99. The van der Waals surface area contributed by atoms with Crippen LogP contribution in [0.1, 0.15) is 40.7 Å². The number of benzene rings is 1. The van der Waals surface area contributed by atoms with E-state index in [1.54, 1.807) is 24.5 Å². The Labute approximate surface area is 172 Å². The molecule has 6 heteroatoms. The molecule has 2 aromatic rings. The maximum atomic E-state index is 12.6. The van der Waals surface area contributed by atoms with Gasteiger partial charge >= 0.3 is 0 Å². The van der Waals surface area contributed by atoms with Crippen molar-refractivity contribution in [3.8, 4) is 5.75 Å². The van der Waals surface area contributed by atoms with Crippen LogP contribution in [-0.2, 0) is 4.79 Å². The Morgan fingerprint density at radius 2 is 1.72 bits per heavy atom. The summed E-state index contributed by atoms with van der Waals surface area (Å²) in [6, 6.07) is 9.62. The highest BCUT2D eigenvalue weighted by atomic mass is 16.5. The quantitative estimate of drug-likeness (QED) is 0.705. The van der Waals surface area contributed by atoms with E-state index in [1.807, 2.05) is 41.8 Å². The van der Waals surface area contributed by atoms with Gasteiger partial charge in [0.2, 0.25) is 5.91 Å². The molecule has 0 N–H and O–H groups in total. The number of carbonyl (C=O) groups excluding carboxylic acids is 2. The topological polar surface area (TPSA) is 62.7 Å². The summed E-state index contributed by atoms with van der Waals surface area (Å²) < 4.78 is 5.90. The lowest BCUT2D eigenvalue weighted by molar-refractivity contribution is -0.131. The first kappa shape index (κ1) is 20.8. The molecule has 1 aromatic carbocycles. The minimum atomic E-state index is -0.0191. The molecule has 3 rings (SSSR count). The van der Waals surface area contributed by atoms with E-state index in [0.717, 1.165) is 23.3 Å². The predicted molar refractivity (Wildman–Crippen MR) is 112 cm³/mol. The van der Waals surface area contributed by atoms with Crippen LogP contribution in [0.5, 0.6) is 5.75 Å². The highest BCUT2D eigenvalue weighted by molar-refractivity contribution is 5.94. The zero-order valence-corrected chi connectivity index (χ0v) is 17.3. The molecule has 0 atom stereocenters. The van der Waals surface area contributed by atoms with Crippen LogP contribution in [0.4, 0.5) is 0 Å². The third-order valence-corrected chi connectivity index (χ3v) is 5.23. The number of aromatic nitrogens is 1. The Hall–Kier alpha value is -2.89. The summed E-state index contributed by atoms with van der Waals surface area (Å²) in [5.41, 5.74) is 2.82. The number of hydrogen-bond acceptors (Lipinski definition) is 4. The Balaban J connectivity index is 1.44. The van der Waals surface area contributed by atoms with E-state index in [4.69, 9.17) is 4.74 Å². The highest BCUT2D eigenvalue weighted by Crippen LogP contribution is 2.22. The number of rotatable bonds is 6. The SMILES string of the molecule is Cc1cccc(C)c1OCCCC(=O)N1CCCN(C(=O)c2cccnc2)CC1. The molecule has 1 fully saturated rings. The molecule has 0 spiro atoms. The first-order valence-electron chi connectivity index (χ1n) is 10.2. The van der Waals surface area contributed by atoms with Gasteiger partial charge in [0.1, 0.15) is 5.75 Å². The zero-order chi connectivity index (χ0) is 20.6. The van der Waals surface area contributed by atoms with Gasteiger partial charge in [-0.3, -0.25) is 14.6 Å². The van der Waals surface area contributed by atoms with Crippen molar-refractivity contribution in [2.45, 2.75) is 33.1 Å². The van der Waals surface area contributed by atoms with E-state index in [0.29, 0.717) is 51.2 Å². The molecule has 154 valence electrons. The Kier molecular flexibility index (Phi) is 7.22. The Morgan fingerprint density at radius 3 is 2.45 bits per heavy atom. The number of amides is 2. The van der Waals surface area contributed by atoms with Crippen molar-refractivity contribution < 1.29 is 14.3 Å². The number of hydrogen-bond donors (Lipinski definition) is 0. The summed E-state index contributed by atoms with van der Waals surface area (Å²) in [4.78, 5) is 32.9. The smallest absolute Gasteiger partial charge is 0.255 e. The molecule has 1 aliphatic heterocycles. The maximum absolute atomic E-state index is 12.6. The molecule has 2 heterocycles. The largest absolute Gasteiger partial charge is 0.493 e. The van der Waals surface area contributed by atoms with Crippen LogP contribution in [0.15, 0.2) is 42.7 Å². The van der Waals surface area contributed by atoms with E-state index in [1.165, 1.54) is 0 Å². The summed E-state index contributed by atoms with van der Waals surface area (Å²) in [7, 11) is 0. The second-order valence-electron chi connectivity index (χ2n) is 7.44. The molecule has 2 amide bonds. The molecule has 0 bridgehead atoms. The van der Waals surface area contributed by atoms with Gasteiger partial charge in [-0.2, -0.15) is 0 Å². The van der Waals surface area contributed by atoms with Crippen LogP contribution in [0, 0.1) is 13.8 Å². The summed E-state index contributed by atoms with van der Waals surface area (Å²) in [5, 5.41) is 0. The summed E-state index contributed by atoms with van der Waals surface area (Å²) in [6.45, 7) is 7.06. The van der Waals surface area contributed by atoms with Crippen molar-refractivity contribution in [1.82, 2.24) is 14.8 Å². The van der Waals surface area contributed by atoms with Crippen LogP contribution in [0.3, 0.4) is 0 Å². The molecule has 1 aromatic heterocycles. The number of ether oxygens (including phenoxy) is 1. The van der Waals surface area contributed by atoms with Crippen molar-refractivity contribution in [2.24, 2.45) is 0 Å². The maximum Gasteiger partial charge on any atom is 0.255 e. The monoisotopic (exact) mass is 395 g/mol. The molecular weight excluding hydrogens is 366 g/mol. The van der Waals surface area contributed by atoms with E-state index >= 15 is 0 Å². The van der Waals surface area contributed by atoms with Crippen molar-refractivity contribution in [3.63, 3.8) is 0 Å². The lowest BCUT2D eigenvalue weighted by atomic mass is 10.1. The number of pyridine rings is 1. The van der Waals surface area contributed by atoms with Crippen molar-refractivity contribution in [2.75, 3.05) is 32.8 Å². The van der Waals surface area contributed by atoms with Gasteiger partial charge in [0.15, 0.2) is 0 Å². The average molecular weight is 396 g/mol. The molecule has 0 unspecified atom stereocenters. The van der Waals surface area contributed by atoms with Crippen molar-refractivity contribution >= 4 is 11.8 Å². The van der Waals surface area contributed by atoms with Crippen LogP contribution in [0.2, 0.25) is 0 Å². The van der Waals surface area contributed by atoms with Gasteiger partial charge < -0.3 is 14.5 Å². The minimum Gasteiger partial charge on any atom is -0.493 e. The molecule has 1 saturated heterocycles. The van der Waals surface area contributed by atoms with Gasteiger partial charge in [-0.1, -0.05) is 18.2 Å². The van der Waals surface area contributed by atoms with Gasteiger partial charge in [0, 0.05) is 45.0 Å². The van der Waals surface area contributed by atoms with E-state index in [2.05, 4.69) is 4.98 Å².